The van der Waals surface area contributed by atoms with E-state index < -0.39 is 0 Å². The van der Waals surface area contributed by atoms with Crippen LogP contribution in [0.2, 0.25) is 0 Å². The van der Waals surface area contributed by atoms with E-state index in [1.165, 1.54) is 6.07 Å². The number of benzene rings is 2. The Bertz CT molecular complexity index is 626. The van der Waals surface area contributed by atoms with Gasteiger partial charge in [-0.2, -0.15) is 0 Å². The number of halogens is 1. The lowest BCUT2D eigenvalue weighted by atomic mass is 10.1. The Labute approximate surface area is 117 Å². The smallest absolute Gasteiger partial charge is 0.162 e. The van der Waals surface area contributed by atoms with E-state index in [0.29, 0.717) is 29.0 Å². The molecule has 2 aromatic carbocycles. The van der Waals surface area contributed by atoms with Gasteiger partial charge in [0, 0.05) is 17.5 Å². The molecule has 20 heavy (non-hydrogen) atoms. The Morgan fingerprint density at radius 2 is 2.00 bits per heavy atom. The standard InChI is InChI=1S/C16H16FNO2/c1-2-15(19)11-7-8-16(14(18)9-11)20-10-12-5-3-4-6-13(12)17/h3-9H,2,10,18H2,1H3. The molecule has 0 heterocycles. The highest BCUT2D eigenvalue weighted by atomic mass is 19.1. The SMILES string of the molecule is CCC(=O)c1ccc(OCc2ccccc2F)c(N)c1. The van der Waals surface area contributed by atoms with Crippen molar-refractivity contribution >= 4 is 11.5 Å². The van der Waals surface area contributed by atoms with Gasteiger partial charge < -0.3 is 10.5 Å². The van der Waals surface area contributed by atoms with Gasteiger partial charge in [-0.15, -0.1) is 0 Å². The van der Waals surface area contributed by atoms with Crippen LogP contribution in [0, 0.1) is 5.82 Å². The second-order valence-corrected chi connectivity index (χ2v) is 4.41. The van der Waals surface area contributed by atoms with Crippen LogP contribution >= 0.6 is 0 Å². The van der Waals surface area contributed by atoms with Crippen molar-refractivity contribution in [1.29, 1.82) is 0 Å². The van der Waals surface area contributed by atoms with Crippen LogP contribution in [-0.4, -0.2) is 5.78 Å². The Balaban J connectivity index is 2.11. The lowest BCUT2D eigenvalue weighted by Gasteiger charge is -2.10. The van der Waals surface area contributed by atoms with Crippen molar-refractivity contribution in [2.24, 2.45) is 0 Å². The molecule has 2 rings (SSSR count). The van der Waals surface area contributed by atoms with Gasteiger partial charge in [-0.05, 0) is 24.3 Å². The van der Waals surface area contributed by atoms with E-state index in [0.717, 1.165) is 0 Å². The molecule has 0 saturated heterocycles. The summed E-state index contributed by atoms with van der Waals surface area (Å²) in [4.78, 5) is 11.6. The van der Waals surface area contributed by atoms with Crippen molar-refractivity contribution in [2.75, 3.05) is 5.73 Å². The summed E-state index contributed by atoms with van der Waals surface area (Å²) in [5, 5.41) is 0. The summed E-state index contributed by atoms with van der Waals surface area (Å²) in [6.07, 6.45) is 0.425. The molecule has 0 saturated carbocycles. The monoisotopic (exact) mass is 273 g/mol. The first-order chi connectivity index (χ1) is 9.61. The molecule has 0 unspecified atom stereocenters. The third-order valence-corrected chi connectivity index (χ3v) is 2.99. The fourth-order valence-electron chi connectivity index (χ4n) is 1.83. The molecule has 0 aliphatic carbocycles. The van der Waals surface area contributed by atoms with Crippen LogP contribution in [0.15, 0.2) is 42.5 Å². The van der Waals surface area contributed by atoms with E-state index >= 15 is 0 Å². The van der Waals surface area contributed by atoms with E-state index in [2.05, 4.69) is 0 Å². The maximum absolute atomic E-state index is 13.5. The first kappa shape index (κ1) is 14.1. The minimum atomic E-state index is -0.316. The third-order valence-electron chi connectivity index (χ3n) is 2.99. The molecule has 0 spiro atoms. The zero-order valence-corrected chi connectivity index (χ0v) is 11.2. The predicted molar refractivity (Wildman–Crippen MR) is 76.2 cm³/mol. The molecule has 3 nitrogen and oxygen atoms in total. The van der Waals surface area contributed by atoms with Crippen LogP contribution in [0.3, 0.4) is 0 Å². The fraction of sp³-hybridized carbons (Fsp3) is 0.188. The van der Waals surface area contributed by atoms with Crippen molar-refractivity contribution in [3.63, 3.8) is 0 Å². The number of anilines is 1. The second kappa shape index (κ2) is 6.19. The van der Waals surface area contributed by atoms with Crippen molar-refractivity contribution in [3.05, 3.63) is 59.4 Å². The van der Waals surface area contributed by atoms with Crippen LogP contribution < -0.4 is 10.5 Å². The normalized spacial score (nSPS) is 10.3. The van der Waals surface area contributed by atoms with E-state index in [1.54, 1.807) is 43.3 Å². The minimum Gasteiger partial charge on any atom is -0.487 e. The Kier molecular flexibility index (Phi) is 4.35. The van der Waals surface area contributed by atoms with Gasteiger partial charge in [0.2, 0.25) is 0 Å². The summed E-state index contributed by atoms with van der Waals surface area (Å²) in [6, 6.07) is 11.3. The maximum atomic E-state index is 13.5. The third kappa shape index (κ3) is 3.15. The number of Topliss-reactive ketones (excluding diaryl/α,β-unsaturated/α-hetero) is 1. The summed E-state index contributed by atoms with van der Waals surface area (Å²) in [5.41, 5.74) is 7.24. The van der Waals surface area contributed by atoms with Crippen molar-refractivity contribution in [3.8, 4) is 5.75 Å². The van der Waals surface area contributed by atoms with Crippen molar-refractivity contribution in [1.82, 2.24) is 0 Å². The van der Waals surface area contributed by atoms with Crippen LogP contribution in [0.25, 0.3) is 0 Å². The maximum Gasteiger partial charge on any atom is 0.162 e. The summed E-state index contributed by atoms with van der Waals surface area (Å²) in [6.45, 7) is 1.89. The first-order valence-electron chi connectivity index (χ1n) is 6.40. The Morgan fingerprint density at radius 3 is 2.65 bits per heavy atom. The highest BCUT2D eigenvalue weighted by Gasteiger charge is 2.08. The number of rotatable bonds is 5. The molecule has 0 atom stereocenters. The molecule has 2 N–H and O–H groups in total. The summed E-state index contributed by atoms with van der Waals surface area (Å²) >= 11 is 0. The van der Waals surface area contributed by atoms with Gasteiger partial charge in [0.1, 0.15) is 18.2 Å². The predicted octanol–water partition coefficient (Wildman–Crippen LogP) is 3.58. The van der Waals surface area contributed by atoms with Crippen molar-refractivity contribution < 1.29 is 13.9 Å². The quantitative estimate of drug-likeness (QED) is 0.669. The van der Waals surface area contributed by atoms with Gasteiger partial charge in [0.05, 0.1) is 5.69 Å². The molecular weight excluding hydrogens is 257 g/mol. The van der Waals surface area contributed by atoms with Gasteiger partial charge in [0.15, 0.2) is 5.78 Å². The number of carbonyl (C=O) groups is 1. The molecule has 0 aliphatic heterocycles. The van der Waals surface area contributed by atoms with Crippen LogP contribution in [-0.2, 0) is 6.61 Å². The van der Waals surface area contributed by atoms with Gasteiger partial charge in [-0.25, -0.2) is 4.39 Å². The number of ether oxygens (including phenoxy) is 1. The molecular formula is C16H16FNO2. The van der Waals surface area contributed by atoms with Gasteiger partial charge in [0.25, 0.3) is 0 Å². The zero-order valence-electron chi connectivity index (χ0n) is 11.2. The number of hydrogen-bond acceptors (Lipinski definition) is 3. The second-order valence-electron chi connectivity index (χ2n) is 4.41. The van der Waals surface area contributed by atoms with Crippen molar-refractivity contribution in [2.45, 2.75) is 20.0 Å². The van der Waals surface area contributed by atoms with E-state index in [1.807, 2.05) is 0 Å². The summed E-state index contributed by atoms with van der Waals surface area (Å²) < 4.78 is 18.9. The van der Waals surface area contributed by atoms with Crippen LogP contribution in [0.4, 0.5) is 10.1 Å². The van der Waals surface area contributed by atoms with Crippen LogP contribution in [0.1, 0.15) is 29.3 Å². The number of nitrogen functional groups attached to an aromatic ring is 1. The highest BCUT2D eigenvalue weighted by molar-refractivity contribution is 5.97. The Morgan fingerprint density at radius 1 is 1.25 bits per heavy atom. The van der Waals surface area contributed by atoms with Gasteiger partial charge >= 0.3 is 0 Å². The number of carbonyl (C=O) groups excluding carboxylic acids is 1. The van der Waals surface area contributed by atoms with E-state index in [9.17, 15) is 9.18 Å². The number of hydrogen-bond donors (Lipinski definition) is 1. The highest BCUT2D eigenvalue weighted by Crippen LogP contribution is 2.24. The molecule has 0 bridgehead atoms. The zero-order chi connectivity index (χ0) is 14.5. The lowest BCUT2D eigenvalue weighted by Crippen LogP contribution is -2.03. The molecule has 2 aromatic rings. The fourth-order valence-corrected chi connectivity index (χ4v) is 1.83. The summed E-state index contributed by atoms with van der Waals surface area (Å²) in [5.74, 6) is 0.155. The van der Waals surface area contributed by atoms with Gasteiger partial charge in [-0.3, -0.25) is 4.79 Å². The molecule has 0 amide bonds. The number of nitrogens with two attached hydrogens (primary N) is 1. The van der Waals surface area contributed by atoms with Crippen LogP contribution in [0.5, 0.6) is 5.75 Å². The molecule has 0 aliphatic rings. The lowest BCUT2D eigenvalue weighted by molar-refractivity contribution is 0.0988. The van der Waals surface area contributed by atoms with E-state index in [-0.39, 0.29) is 18.2 Å². The largest absolute Gasteiger partial charge is 0.487 e. The molecule has 0 fully saturated rings. The average molecular weight is 273 g/mol. The Hall–Kier alpha value is -2.36. The molecule has 104 valence electrons. The van der Waals surface area contributed by atoms with Gasteiger partial charge in [-0.1, -0.05) is 25.1 Å². The topological polar surface area (TPSA) is 52.3 Å². The van der Waals surface area contributed by atoms with E-state index in [4.69, 9.17) is 10.5 Å². The first-order valence-corrected chi connectivity index (χ1v) is 6.40. The molecule has 0 aromatic heterocycles. The average Bonchev–Trinajstić information content (AvgIpc) is 2.46. The number of ketones is 1. The molecule has 0 radical (unpaired) electrons. The molecule has 4 heteroatoms. The summed E-state index contributed by atoms with van der Waals surface area (Å²) in [7, 11) is 0. The minimum absolute atomic E-state index is 0.0253.